The van der Waals surface area contributed by atoms with Crippen molar-refractivity contribution in [1.82, 2.24) is 15.0 Å². The first-order chi connectivity index (χ1) is 10.1. The minimum Gasteiger partial charge on any atom is -0.461 e. The number of hydrogen-bond acceptors (Lipinski definition) is 7. The van der Waals surface area contributed by atoms with Crippen molar-refractivity contribution in [2.75, 3.05) is 30.0 Å². The third-order valence-electron chi connectivity index (χ3n) is 3.56. The summed E-state index contributed by atoms with van der Waals surface area (Å²) in [5, 5.41) is 6.46. The summed E-state index contributed by atoms with van der Waals surface area (Å²) in [6.07, 6.45) is 6.03. The monoisotopic (exact) mass is 311 g/mol. The number of nitrogens with one attached hydrogen (secondary N) is 2. The van der Waals surface area contributed by atoms with E-state index in [0.29, 0.717) is 22.7 Å². The van der Waals surface area contributed by atoms with Gasteiger partial charge in [-0.15, -0.1) is 0 Å². The number of ether oxygens (including phenoxy) is 1. The Kier molecular flexibility index (Phi) is 5.50. The average Bonchev–Trinajstić information content (AvgIpc) is 2.37. The standard InChI is InChI=1S/C14H25N5OS/c1-5-15-11-17-12(19-13(18-11)20-10(2)3)16-9-14(21-4)7-6-8-14/h10H,5-9H2,1-4H3,(H2,15,16,17,18,19). The van der Waals surface area contributed by atoms with Gasteiger partial charge in [0.25, 0.3) is 0 Å². The molecule has 0 atom stereocenters. The third-order valence-corrected chi connectivity index (χ3v) is 4.98. The molecule has 0 saturated heterocycles. The first-order valence-corrected chi connectivity index (χ1v) is 8.75. The topological polar surface area (TPSA) is 72.0 Å². The summed E-state index contributed by atoms with van der Waals surface area (Å²) in [6, 6.07) is 0.366. The van der Waals surface area contributed by atoms with Crippen LogP contribution >= 0.6 is 11.8 Å². The summed E-state index contributed by atoms with van der Waals surface area (Å²) in [5.74, 6) is 1.13. The molecule has 1 fully saturated rings. The second kappa shape index (κ2) is 7.15. The summed E-state index contributed by atoms with van der Waals surface area (Å²) in [7, 11) is 0. The van der Waals surface area contributed by atoms with Crippen LogP contribution in [0.3, 0.4) is 0 Å². The Labute approximate surface area is 130 Å². The van der Waals surface area contributed by atoms with Gasteiger partial charge in [0.1, 0.15) is 0 Å². The molecule has 6 nitrogen and oxygen atoms in total. The van der Waals surface area contributed by atoms with Crippen molar-refractivity contribution >= 4 is 23.7 Å². The molecule has 0 radical (unpaired) electrons. The van der Waals surface area contributed by atoms with Gasteiger partial charge in [-0.1, -0.05) is 6.42 Å². The van der Waals surface area contributed by atoms with Crippen molar-refractivity contribution < 1.29 is 4.74 Å². The lowest BCUT2D eigenvalue weighted by Crippen LogP contribution is -2.40. The molecule has 118 valence electrons. The lowest BCUT2D eigenvalue weighted by Gasteiger charge is -2.40. The fraction of sp³-hybridized carbons (Fsp3) is 0.786. The minimum atomic E-state index is 0.0406. The van der Waals surface area contributed by atoms with Gasteiger partial charge in [-0.25, -0.2) is 0 Å². The molecule has 1 saturated carbocycles. The first-order valence-electron chi connectivity index (χ1n) is 7.52. The van der Waals surface area contributed by atoms with Crippen LogP contribution in [0.5, 0.6) is 6.01 Å². The van der Waals surface area contributed by atoms with Crippen molar-refractivity contribution in [2.24, 2.45) is 0 Å². The maximum Gasteiger partial charge on any atom is 0.323 e. The molecule has 1 aliphatic carbocycles. The SMILES string of the molecule is CCNc1nc(NCC2(SC)CCC2)nc(OC(C)C)n1. The van der Waals surface area contributed by atoms with E-state index in [9.17, 15) is 0 Å². The predicted molar refractivity (Wildman–Crippen MR) is 88.3 cm³/mol. The highest BCUT2D eigenvalue weighted by atomic mass is 32.2. The number of anilines is 2. The predicted octanol–water partition coefficient (Wildman–Crippen LogP) is 2.79. The Balaban J connectivity index is 2.07. The molecule has 1 aliphatic rings. The number of aromatic nitrogens is 3. The van der Waals surface area contributed by atoms with Gasteiger partial charge in [-0.05, 0) is 39.9 Å². The molecular weight excluding hydrogens is 286 g/mol. The Morgan fingerprint density at radius 3 is 2.33 bits per heavy atom. The molecule has 0 unspecified atom stereocenters. The summed E-state index contributed by atoms with van der Waals surface area (Å²) < 4.78 is 5.93. The van der Waals surface area contributed by atoms with Crippen LogP contribution in [-0.2, 0) is 0 Å². The molecule has 21 heavy (non-hydrogen) atoms. The summed E-state index contributed by atoms with van der Waals surface area (Å²) in [6.45, 7) is 7.57. The zero-order valence-electron chi connectivity index (χ0n) is 13.3. The maximum atomic E-state index is 5.59. The Hall–Kier alpha value is -1.24. The third kappa shape index (κ3) is 4.36. The van der Waals surface area contributed by atoms with Gasteiger partial charge < -0.3 is 15.4 Å². The lowest BCUT2D eigenvalue weighted by molar-refractivity contribution is 0.222. The molecule has 2 rings (SSSR count). The van der Waals surface area contributed by atoms with E-state index in [1.54, 1.807) is 0 Å². The molecule has 0 aromatic carbocycles. The van der Waals surface area contributed by atoms with Crippen LogP contribution < -0.4 is 15.4 Å². The van der Waals surface area contributed by atoms with Crippen molar-refractivity contribution in [3.05, 3.63) is 0 Å². The number of rotatable bonds is 8. The van der Waals surface area contributed by atoms with Gasteiger partial charge in [-0.3, -0.25) is 0 Å². The van der Waals surface area contributed by atoms with Gasteiger partial charge in [-0.2, -0.15) is 26.7 Å². The molecule has 0 amide bonds. The van der Waals surface area contributed by atoms with Gasteiger partial charge in [0.2, 0.25) is 11.9 Å². The Morgan fingerprint density at radius 1 is 1.19 bits per heavy atom. The highest BCUT2D eigenvalue weighted by Gasteiger charge is 2.36. The van der Waals surface area contributed by atoms with Crippen molar-refractivity contribution in [1.29, 1.82) is 0 Å². The van der Waals surface area contributed by atoms with E-state index in [1.165, 1.54) is 19.3 Å². The maximum absolute atomic E-state index is 5.59. The highest BCUT2D eigenvalue weighted by Crippen LogP contribution is 2.42. The molecule has 2 N–H and O–H groups in total. The van der Waals surface area contributed by atoms with E-state index < -0.39 is 0 Å². The fourth-order valence-corrected chi connectivity index (χ4v) is 3.11. The lowest BCUT2D eigenvalue weighted by atomic mass is 9.84. The van der Waals surface area contributed by atoms with Crippen LogP contribution in [-0.4, -0.2) is 45.1 Å². The molecular formula is C14H25N5OS. The smallest absolute Gasteiger partial charge is 0.323 e. The zero-order valence-corrected chi connectivity index (χ0v) is 14.1. The molecule has 0 aliphatic heterocycles. The highest BCUT2D eigenvalue weighted by molar-refractivity contribution is 8.00. The van der Waals surface area contributed by atoms with E-state index in [2.05, 4.69) is 31.8 Å². The van der Waals surface area contributed by atoms with E-state index in [0.717, 1.165) is 13.1 Å². The quantitative estimate of drug-likeness (QED) is 0.765. The number of hydrogen-bond donors (Lipinski definition) is 2. The molecule has 0 bridgehead atoms. The molecule has 1 heterocycles. The molecule has 1 aromatic heterocycles. The van der Waals surface area contributed by atoms with E-state index in [1.807, 2.05) is 32.5 Å². The molecule has 0 spiro atoms. The van der Waals surface area contributed by atoms with Crippen LogP contribution in [0.2, 0.25) is 0 Å². The zero-order chi connectivity index (χ0) is 15.3. The fourth-order valence-electron chi connectivity index (χ4n) is 2.20. The van der Waals surface area contributed by atoms with Gasteiger partial charge >= 0.3 is 6.01 Å². The van der Waals surface area contributed by atoms with Crippen LogP contribution in [0.15, 0.2) is 0 Å². The number of nitrogens with zero attached hydrogens (tertiary/aromatic N) is 3. The second-order valence-corrected chi connectivity index (χ2v) is 6.83. The first kappa shape index (κ1) is 16.1. The van der Waals surface area contributed by atoms with Crippen LogP contribution in [0.4, 0.5) is 11.9 Å². The summed E-state index contributed by atoms with van der Waals surface area (Å²) in [5.41, 5.74) is 0. The van der Waals surface area contributed by atoms with Crippen LogP contribution in [0, 0.1) is 0 Å². The Morgan fingerprint density at radius 2 is 1.86 bits per heavy atom. The van der Waals surface area contributed by atoms with Gasteiger partial charge in [0.05, 0.1) is 6.10 Å². The number of thioether (sulfide) groups is 1. The van der Waals surface area contributed by atoms with Crippen molar-refractivity contribution in [2.45, 2.75) is 50.9 Å². The van der Waals surface area contributed by atoms with Gasteiger partial charge in [0, 0.05) is 17.8 Å². The minimum absolute atomic E-state index is 0.0406. The summed E-state index contributed by atoms with van der Waals surface area (Å²) >= 11 is 1.93. The normalized spacial score (nSPS) is 16.4. The summed E-state index contributed by atoms with van der Waals surface area (Å²) in [4.78, 5) is 13.0. The second-order valence-electron chi connectivity index (χ2n) is 5.56. The van der Waals surface area contributed by atoms with E-state index >= 15 is 0 Å². The average molecular weight is 311 g/mol. The van der Waals surface area contributed by atoms with Crippen LogP contribution in [0.1, 0.15) is 40.0 Å². The van der Waals surface area contributed by atoms with Crippen molar-refractivity contribution in [3.63, 3.8) is 0 Å². The largest absolute Gasteiger partial charge is 0.461 e. The van der Waals surface area contributed by atoms with E-state index in [4.69, 9.17) is 4.74 Å². The molecule has 1 aromatic rings. The van der Waals surface area contributed by atoms with Crippen LogP contribution in [0.25, 0.3) is 0 Å². The van der Waals surface area contributed by atoms with E-state index in [-0.39, 0.29) is 6.10 Å². The van der Waals surface area contributed by atoms with Gasteiger partial charge in [0.15, 0.2) is 0 Å². The molecule has 7 heteroatoms. The Bertz CT molecular complexity index is 459. The van der Waals surface area contributed by atoms with Crippen molar-refractivity contribution in [3.8, 4) is 6.01 Å².